The number of rotatable bonds is 2. The summed E-state index contributed by atoms with van der Waals surface area (Å²) in [4.78, 5) is 4.61. The standard InChI is InChI=1S/C16H20N2/c1-12(2)16(8-5-9-18-16)14-10-13-6-3-4-7-15(13)17-11-14/h3-4,6-7,10-12,18H,5,8-9H2,1-2H3. The molecule has 1 aliphatic heterocycles. The molecule has 1 fully saturated rings. The Morgan fingerprint density at radius 3 is 2.83 bits per heavy atom. The summed E-state index contributed by atoms with van der Waals surface area (Å²) in [7, 11) is 0. The highest BCUT2D eigenvalue weighted by Crippen LogP contribution is 2.38. The topological polar surface area (TPSA) is 24.9 Å². The minimum Gasteiger partial charge on any atom is -0.307 e. The van der Waals surface area contributed by atoms with Crippen LogP contribution in [-0.4, -0.2) is 11.5 Å². The molecule has 0 bridgehead atoms. The molecule has 2 heterocycles. The average molecular weight is 240 g/mol. The summed E-state index contributed by atoms with van der Waals surface area (Å²) >= 11 is 0. The Balaban J connectivity index is 2.12. The van der Waals surface area contributed by atoms with Gasteiger partial charge in [0.1, 0.15) is 0 Å². The summed E-state index contributed by atoms with van der Waals surface area (Å²) in [6, 6.07) is 10.7. The van der Waals surface area contributed by atoms with Crippen molar-refractivity contribution in [2.45, 2.75) is 32.2 Å². The fourth-order valence-corrected chi connectivity index (χ4v) is 3.15. The van der Waals surface area contributed by atoms with Crippen molar-refractivity contribution in [1.82, 2.24) is 10.3 Å². The lowest BCUT2D eigenvalue weighted by molar-refractivity contribution is 0.277. The minimum absolute atomic E-state index is 0.122. The van der Waals surface area contributed by atoms with Gasteiger partial charge in [-0.2, -0.15) is 0 Å². The number of aromatic nitrogens is 1. The quantitative estimate of drug-likeness (QED) is 0.869. The number of nitrogens with zero attached hydrogens (tertiary/aromatic N) is 1. The van der Waals surface area contributed by atoms with Crippen molar-refractivity contribution in [3.8, 4) is 0 Å². The maximum absolute atomic E-state index is 4.61. The van der Waals surface area contributed by atoms with Crippen molar-refractivity contribution in [3.05, 3.63) is 42.1 Å². The lowest BCUT2D eigenvalue weighted by atomic mass is 9.79. The Bertz CT molecular complexity index is 554. The fraction of sp³-hybridized carbons (Fsp3) is 0.438. The van der Waals surface area contributed by atoms with Crippen LogP contribution in [0.1, 0.15) is 32.3 Å². The van der Waals surface area contributed by atoms with Crippen LogP contribution in [0.15, 0.2) is 36.5 Å². The molecule has 0 aliphatic carbocycles. The summed E-state index contributed by atoms with van der Waals surface area (Å²) in [5.74, 6) is 0.586. The molecule has 3 rings (SSSR count). The third kappa shape index (κ3) is 1.72. The summed E-state index contributed by atoms with van der Waals surface area (Å²) in [6.45, 7) is 5.71. The Morgan fingerprint density at radius 1 is 1.28 bits per heavy atom. The van der Waals surface area contributed by atoms with E-state index in [-0.39, 0.29) is 5.54 Å². The molecule has 2 aromatic rings. The van der Waals surface area contributed by atoms with E-state index in [9.17, 15) is 0 Å². The van der Waals surface area contributed by atoms with Crippen molar-refractivity contribution >= 4 is 10.9 Å². The van der Waals surface area contributed by atoms with Crippen LogP contribution in [0, 0.1) is 5.92 Å². The molecule has 1 aliphatic rings. The summed E-state index contributed by atoms with van der Waals surface area (Å²) in [5.41, 5.74) is 2.55. The van der Waals surface area contributed by atoms with Gasteiger partial charge in [0.05, 0.1) is 5.52 Å². The largest absolute Gasteiger partial charge is 0.307 e. The molecule has 0 spiro atoms. The molecule has 2 heteroatoms. The third-order valence-electron chi connectivity index (χ3n) is 4.28. The Kier molecular flexibility index (Phi) is 2.83. The zero-order chi connectivity index (χ0) is 12.6. The van der Waals surface area contributed by atoms with E-state index >= 15 is 0 Å². The van der Waals surface area contributed by atoms with Crippen molar-refractivity contribution in [2.75, 3.05) is 6.54 Å². The van der Waals surface area contributed by atoms with E-state index in [1.54, 1.807) is 0 Å². The second kappa shape index (κ2) is 4.36. The lowest BCUT2D eigenvalue weighted by Gasteiger charge is -2.34. The highest BCUT2D eigenvalue weighted by Gasteiger charge is 2.38. The van der Waals surface area contributed by atoms with Gasteiger partial charge >= 0.3 is 0 Å². The first-order chi connectivity index (χ1) is 8.72. The second-order valence-corrected chi connectivity index (χ2v) is 5.57. The number of nitrogens with one attached hydrogen (secondary N) is 1. The molecule has 1 saturated heterocycles. The van der Waals surface area contributed by atoms with Gasteiger partial charge in [0, 0.05) is 17.1 Å². The smallest absolute Gasteiger partial charge is 0.0702 e. The van der Waals surface area contributed by atoms with E-state index in [4.69, 9.17) is 0 Å². The maximum Gasteiger partial charge on any atom is 0.0702 e. The van der Waals surface area contributed by atoms with E-state index in [0.717, 1.165) is 12.1 Å². The van der Waals surface area contributed by atoms with E-state index < -0.39 is 0 Å². The SMILES string of the molecule is CC(C)C1(c2cnc3ccccc3c2)CCCN1. The molecule has 2 nitrogen and oxygen atoms in total. The molecular formula is C16H20N2. The molecule has 0 amide bonds. The minimum atomic E-state index is 0.122. The summed E-state index contributed by atoms with van der Waals surface area (Å²) in [6.07, 6.45) is 4.52. The highest BCUT2D eigenvalue weighted by molar-refractivity contribution is 5.79. The Labute approximate surface area is 108 Å². The van der Waals surface area contributed by atoms with E-state index in [1.807, 2.05) is 6.07 Å². The van der Waals surface area contributed by atoms with Gasteiger partial charge < -0.3 is 5.32 Å². The fourth-order valence-electron chi connectivity index (χ4n) is 3.15. The van der Waals surface area contributed by atoms with Crippen LogP contribution in [0.25, 0.3) is 10.9 Å². The van der Waals surface area contributed by atoms with Gasteiger partial charge in [-0.15, -0.1) is 0 Å². The normalized spacial score (nSPS) is 23.9. The zero-order valence-corrected chi connectivity index (χ0v) is 11.1. The molecule has 18 heavy (non-hydrogen) atoms. The molecule has 1 aromatic heterocycles. The second-order valence-electron chi connectivity index (χ2n) is 5.57. The van der Waals surface area contributed by atoms with Gasteiger partial charge in [0.2, 0.25) is 0 Å². The van der Waals surface area contributed by atoms with E-state index in [0.29, 0.717) is 5.92 Å². The number of hydrogen-bond donors (Lipinski definition) is 1. The van der Waals surface area contributed by atoms with Crippen LogP contribution in [0.4, 0.5) is 0 Å². The van der Waals surface area contributed by atoms with Crippen LogP contribution in [0.3, 0.4) is 0 Å². The zero-order valence-electron chi connectivity index (χ0n) is 11.1. The first-order valence-corrected chi connectivity index (χ1v) is 6.83. The van der Waals surface area contributed by atoms with Crippen molar-refractivity contribution in [3.63, 3.8) is 0 Å². The molecule has 1 aromatic carbocycles. The van der Waals surface area contributed by atoms with Gasteiger partial charge in [-0.3, -0.25) is 4.98 Å². The van der Waals surface area contributed by atoms with Crippen molar-refractivity contribution in [2.24, 2.45) is 5.92 Å². The molecular weight excluding hydrogens is 220 g/mol. The van der Waals surface area contributed by atoms with E-state index in [2.05, 4.69) is 54.6 Å². The molecule has 94 valence electrons. The third-order valence-corrected chi connectivity index (χ3v) is 4.28. The van der Waals surface area contributed by atoms with Crippen LogP contribution in [0.5, 0.6) is 0 Å². The first-order valence-electron chi connectivity index (χ1n) is 6.83. The predicted octanol–water partition coefficient (Wildman–Crippen LogP) is 3.47. The predicted molar refractivity (Wildman–Crippen MR) is 75.5 cm³/mol. The number of benzene rings is 1. The van der Waals surface area contributed by atoms with Crippen LogP contribution in [-0.2, 0) is 5.54 Å². The maximum atomic E-state index is 4.61. The van der Waals surface area contributed by atoms with Gasteiger partial charge in [-0.1, -0.05) is 32.0 Å². The molecule has 1 unspecified atom stereocenters. The van der Waals surface area contributed by atoms with Gasteiger partial charge in [0.15, 0.2) is 0 Å². The van der Waals surface area contributed by atoms with E-state index in [1.165, 1.54) is 23.8 Å². The monoisotopic (exact) mass is 240 g/mol. The lowest BCUT2D eigenvalue weighted by Crippen LogP contribution is -2.41. The summed E-state index contributed by atoms with van der Waals surface area (Å²) in [5, 5.41) is 4.95. The Morgan fingerprint density at radius 2 is 2.11 bits per heavy atom. The number of pyridine rings is 1. The average Bonchev–Trinajstić information content (AvgIpc) is 2.89. The molecule has 1 N–H and O–H groups in total. The number of hydrogen-bond acceptors (Lipinski definition) is 2. The van der Waals surface area contributed by atoms with Crippen LogP contribution in [0.2, 0.25) is 0 Å². The molecule has 1 atom stereocenters. The molecule has 0 radical (unpaired) electrons. The Hall–Kier alpha value is -1.41. The van der Waals surface area contributed by atoms with Gasteiger partial charge in [-0.25, -0.2) is 0 Å². The summed E-state index contributed by atoms with van der Waals surface area (Å²) < 4.78 is 0. The number of fused-ring (bicyclic) bond motifs is 1. The number of para-hydroxylation sites is 1. The molecule has 0 saturated carbocycles. The van der Waals surface area contributed by atoms with Gasteiger partial charge in [0.25, 0.3) is 0 Å². The van der Waals surface area contributed by atoms with Crippen molar-refractivity contribution in [1.29, 1.82) is 0 Å². The van der Waals surface area contributed by atoms with Crippen LogP contribution >= 0.6 is 0 Å². The van der Waals surface area contributed by atoms with Gasteiger partial charge in [-0.05, 0) is 43.0 Å². The first kappa shape index (κ1) is 11.7. The highest BCUT2D eigenvalue weighted by atomic mass is 15.0. The van der Waals surface area contributed by atoms with Crippen molar-refractivity contribution < 1.29 is 0 Å². The van der Waals surface area contributed by atoms with Crippen LogP contribution < -0.4 is 5.32 Å².